The smallest absolute Gasteiger partial charge is 0.392 e. The van der Waals surface area contributed by atoms with Crippen LogP contribution >= 0.6 is 15.9 Å². The van der Waals surface area contributed by atoms with Crippen LogP contribution in [0.3, 0.4) is 0 Å². The van der Waals surface area contributed by atoms with E-state index in [1.807, 2.05) is 0 Å². The zero-order valence-corrected chi connectivity index (χ0v) is 9.14. The molecule has 0 aliphatic heterocycles. The number of halogens is 4. The predicted octanol–water partition coefficient (Wildman–Crippen LogP) is 3.47. The van der Waals surface area contributed by atoms with Crippen LogP contribution in [0, 0.1) is 0 Å². The van der Waals surface area contributed by atoms with Gasteiger partial charge in [-0.15, -0.1) is 0 Å². The molecular weight excluding hydrogens is 273 g/mol. The Hall–Kier alpha value is -0.810. The first-order valence-electron chi connectivity index (χ1n) is 4.09. The van der Waals surface area contributed by atoms with Crippen LogP contribution in [0.2, 0.25) is 0 Å². The molecule has 1 aromatic rings. The highest BCUT2D eigenvalue weighted by atomic mass is 79.9. The van der Waals surface area contributed by atoms with Crippen LogP contribution in [0.4, 0.5) is 13.2 Å². The van der Waals surface area contributed by atoms with Crippen LogP contribution in [0.15, 0.2) is 28.7 Å². The number of hydrogen-bond donors (Lipinski definition) is 1. The number of aliphatic hydroxyl groups is 1. The lowest BCUT2D eigenvalue weighted by atomic mass is 10.1. The summed E-state index contributed by atoms with van der Waals surface area (Å²) in [5.74, 6) is 0. The fourth-order valence-electron chi connectivity index (χ4n) is 1.02. The first-order valence-corrected chi connectivity index (χ1v) is 4.88. The maximum atomic E-state index is 12.3. The summed E-state index contributed by atoms with van der Waals surface area (Å²) in [7, 11) is 0. The van der Waals surface area contributed by atoms with Gasteiger partial charge in [-0.05, 0) is 17.7 Å². The topological polar surface area (TPSA) is 20.2 Å². The number of benzene rings is 1. The van der Waals surface area contributed by atoms with Gasteiger partial charge in [0.25, 0.3) is 0 Å². The van der Waals surface area contributed by atoms with E-state index in [0.29, 0.717) is 10.0 Å². The van der Waals surface area contributed by atoms with Gasteiger partial charge in [-0.1, -0.05) is 34.1 Å². The van der Waals surface area contributed by atoms with Gasteiger partial charge in [0.15, 0.2) is 0 Å². The molecule has 1 rings (SSSR count). The molecule has 5 heteroatoms. The summed E-state index contributed by atoms with van der Waals surface area (Å²) in [5, 5.41) is 8.52. The van der Waals surface area contributed by atoms with Crippen LogP contribution in [0.25, 0.3) is 6.08 Å². The molecular formula is C10H8BrF3O. The predicted molar refractivity (Wildman–Crippen MR) is 55.3 cm³/mol. The van der Waals surface area contributed by atoms with Crippen molar-refractivity contribution < 1.29 is 18.3 Å². The fraction of sp³-hybridized carbons (Fsp3) is 0.200. The van der Waals surface area contributed by atoms with Crippen molar-refractivity contribution in [2.75, 3.05) is 6.61 Å². The van der Waals surface area contributed by atoms with Gasteiger partial charge < -0.3 is 5.11 Å². The minimum Gasteiger partial charge on any atom is -0.392 e. The van der Waals surface area contributed by atoms with Crippen molar-refractivity contribution >= 4 is 22.0 Å². The number of alkyl halides is 3. The first kappa shape index (κ1) is 12.3. The van der Waals surface area contributed by atoms with Crippen molar-refractivity contribution in [2.45, 2.75) is 6.18 Å². The Morgan fingerprint density at radius 3 is 2.47 bits per heavy atom. The minimum atomic E-state index is -4.33. The second-order valence-electron chi connectivity index (χ2n) is 2.82. The molecule has 1 nitrogen and oxygen atoms in total. The lowest BCUT2D eigenvalue weighted by molar-refractivity contribution is -0.137. The molecule has 0 saturated heterocycles. The summed E-state index contributed by atoms with van der Waals surface area (Å²) in [4.78, 5) is 0. The Kier molecular flexibility index (Phi) is 3.93. The largest absolute Gasteiger partial charge is 0.416 e. The molecule has 1 aromatic carbocycles. The second kappa shape index (κ2) is 4.81. The molecule has 0 unspecified atom stereocenters. The molecule has 0 heterocycles. The molecule has 0 spiro atoms. The zero-order chi connectivity index (χ0) is 11.5. The Morgan fingerprint density at radius 2 is 2.00 bits per heavy atom. The van der Waals surface area contributed by atoms with Crippen molar-refractivity contribution in [3.63, 3.8) is 0 Å². The molecule has 0 aliphatic rings. The highest BCUT2D eigenvalue weighted by Crippen LogP contribution is 2.32. The average Bonchev–Trinajstić information content (AvgIpc) is 2.14. The van der Waals surface area contributed by atoms with Crippen molar-refractivity contribution in [1.82, 2.24) is 0 Å². The van der Waals surface area contributed by atoms with Crippen LogP contribution in [-0.2, 0) is 6.18 Å². The summed E-state index contributed by atoms with van der Waals surface area (Å²) in [5.41, 5.74) is -0.104. The summed E-state index contributed by atoms with van der Waals surface area (Å²) in [6.07, 6.45) is -1.33. The molecule has 0 radical (unpaired) electrons. The third-order valence-corrected chi connectivity index (χ3v) is 2.42. The van der Waals surface area contributed by atoms with Gasteiger partial charge in [0.1, 0.15) is 0 Å². The number of hydrogen-bond acceptors (Lipinski definition) is 1. The van der Waals surface area contributed by atoms with Crippen molar-refractivity contribution in [3.8, 4) is 0 Å². The summed E-state index contributed by atoms with van der Waals surface area (Å²) >= 11 is 3.04. The maximum Gasteiger partial charge on any atom is 0.416 e. The molecule has 0 fully saturated rings. The van der Waals surface area contributed by atoms with Gasteiger partial charge in [0.05, 0.1) is 12.2 Å². The van der Waals surface area contributed by atoms with E-state index >= 15 is 0 Å². The van der Waals surface area contributed by atoms with E-state index in [-0.39, 0.29) is 6.61 Å². The summed E-state index contributed by atoms with van der Waals surface area (Å²) in [6, 6.07) is 3.36. The van der Waals surface area contributed by atoms with Crippen LogP contribution in [0.5, 0.6) is 0 Å². The van der Waals surface area contributed by atoms with Crippen molar-refractivity contribution in [3.05, 3.63) is 39.9 Å². The third-order valence-electron chi connectivity index (χ3n) is 1.73. The Bertz CT molecular complexity index is 371. The molecule has 0 bridgehead atoms. The van der Waals surface area contributed by atoms with E-state index in [2.05, 4.69) is 15.9 Å². The first-order chi connectivity index (χ1) is 6.95. The monoisotopic (exact) mass is 280 g/mol. The van der Waals surface area contributed by atoms with Crippen molar-refractivity contribution in [1.29, 1.82) is 0 Å². The molecule has 0 atom stereocenters. The summed E-state index contributed by atoms with van der Waals surface area (Å²) < 4.78 is 37.2. The lowest BCUT2D eigenvalue weighted by Crippen LogP contribution is -2.04. The number of aliphatic hydroxyl groups excluding tert-OH is 1. The third kappa shape index (κ3) is 3.35. The fourth-order valence-corrected chi connectivity index (χ4v) is 1.53. The van der Waals surface area contributed by atoms with Gasteiger partial charge in [0, 0.05) is 4.47 Å². The van der Waals surface area contributed by atoms with Crippen LogP contribution < -0.4 is 0 Å². The van der Waals surface area contributed by atoms with Gasteiger partial charge >= 0.3 is 6.18 Å². The van der Waals surface area contributed by atoms with Gasteiger partial charge in [-0.3, -0.25) is 0 Å². The van der Waals surface area contributed by atoms with E-state index < -0.39 is 11.7 Å². The standard InChI is InChI=1S/C10H8BrF3O/c11-9-6-8(10(12,13)14)4-3-7(9)2-1-5-15/h1-4,6,15H,5H2/b2-1+. The highest BCUT2D eigenvalue weighted by Gasteiger charge is 2.30. The molecule has 0 amide bonds. The van der Waals surface area contributed by atoms with E-state index in [9.17, 15) is 13.2 Å². The molecule has 82 valence electrons. The van der Waals surface area contributed by atoms with Crippen molar-refractivity contribution in [2.24, 2.45) is 0 Å². The van der Waals surface area contributed by atoms with E-state index in [1.54, 1.807) is 6.08 Å². The SMILES string of the molecule is OC/C=C/c1ccc(C(F)(F)F)cc1Br. The Balaban J connectivity index is 3.04. The Morgan fingerprint density at radius 1 is 1.33 bits per heavy atom. The van der Waals surface area contributed by atoms with Crippen LogP contribution in [-0.4, -0.2) is 11.7 Å². The summed E-state index contributed by atoms with van der Waals surface area (Å²) in [6.45, 7) is -0.145. The van der Waals surface area contributed by atoms with Gasteiger partial charge in [-0.25, -0.2) is 0 Å². The molecule has 0 saturated carbocycles. The van der Waals surface area contributed by atoms with Gasteiger partial charge in [-0.2, -0.15) is 13.2 Å². The zero-order valence-electron chi connectivity index (χ0n) is 7.55. The van der Waals surface area contributed by atoms with Crippen LogP contribution in [0.1, 0.15) is 11.1 Å². The van der Waals surface area contributed by atoms with E-state index in [0.717, 1.165) is 12.1 Å². The molecule has 0 aliphatic carbocycles. The second-order valence-corrected chi connectivity index (χ2v) is 3.67. The normalized spacial score (nSPS) is 12.3. The lowest BCUT2D eigenvalue weighted by Gasteiger charge is -2.07. The van der Waals surface area contributed by atoms with E-state index in [4.69, 9.17) is 5.11 Å². The quantitative estimate of drug-likeness (QED) is 0.880. The van der Waals surface area contributed by atoms with Gasteiger partial charge in [0.2, 0.25) is 0 Å². The molecule has 1 N–H and O–H groups in total. The average molecular weight is 281 g/mol. The minimum absolute atomic E-state index is 0.145. The molecule has 0 aromatic heterocycles. The highest BCUT2D eigenvalue weighted by molar-refractivity contribution is 9.10. The Labute approximate surface area is 93.4 Å². The molecule has 15 heavy (non-hydrogen) atoms. The maximum absolute atomic E-state index is 12.3. The van der Waals surface area contributed by atoms with E-state index in [1.165, 1.54) is 12.1 Å². The number of rotatable bonds is 2.